The number of fused-ring (bicyclic) bond motifs is 3. The summed E-state index contributed by atoms with van der Waals surface area (Å²) in [7, 11) is 0. The number of amides is 1. The van der Waals surface area contributed by atoms with Gasteiger partial charge in [0.05, 0.1) is 12.6 Å². The first-order valence-corrected chi connectivity index (χ1v) is 12.1. The van der Waals surface area contributed by atoms with E-state index in [1.54, 1.807) is 17.3 Å². The average Bonchev–Trinajstić information content (AvgIpc) is 3.58. The van der Waals surface area contributed by atoms with E-state index in [1.165, 1.54) is 24.7 Å². The molecule has 0 bridgehead atoms. The van der Waals surface area contributed by atoms with Gasteiger partial charge >= 0.3 is 0 Å². The lowest BCUT2D eigenvalue weighted by atomic mass is 9.61. The Balaban J connectivity index is 1.44. The van der Waals surface area contributed by atoms with Gasteiger partial charge in [0.1, 0.15) is 6.33 Å². The lowest BCUT2D eigenvalue weighted by molar-refractivity contribution is -0.138. The minimum atomic E-state index is -0.924. The molecule has 0 radical (unpaired) electrons. The molecular formula is C26H26N4O2S. The number of carbonyl (C=O) groups excluding carboxylic acids is 1. The first-order valence-electron chi connectivity index (χ1n) is 11.7. The van der Waals surface area contributed by atoms with Crippen LogP contribution in [-0.4, -0.2) is 37.1 Å². The number of nitrogens with one attached hydrogen (secondary N) is 1. The maximum Gasteiger partial charge on any atom is 0.260 e. The van der Waals surface area contributed by atoms with Crippen LogP contribution < -0.4 is 5.32 Å². The van der Waals surface area contributed by atoms with Crippen LogP contribution in [0.1, 0.15) is 60.8 Å². The van der Waals surface area contributed by atoms with Gasteiger partial charge in [-0.2, -0.15) is 0 Å². The number of thiocarbonyl (C=S) groups is 1. The number of hydrogen-bond donors (Lipinski definition) is 2. The van der Waals surface area contributed by atoms with Gasteiger partial charge in [0, 0.05) is 34.9 Å². The third-order valence-electron chi connectivity index (χ3n) is 7.81. The molecule has 4 aliphatic rings. The summed E-state index contributed by atoms with van der Waals surface area (Å²) in [5.41, 5.74) is 2.72. The molecular weight excluding hydrogens is 432 g/mol. The predicted octanol–water partition coefficient (Wildman–Crippen LogP) is 2.83. The molecule has 2 N–H and O–H groups in total. The van der Waals surface area contributed by atoms with Crippen LogP contribution in [0.25, 0.3) is 0 Å². The molecule has 1 amide bonds. The Labute approximate surface area is 198 Å². The molecule has 1 unspecified atom stereocenters. The van der Waals surface area contributed by atoms with Gasteiger partial charge in [0.15, 0.2) is 10.7 Å². The van der Waals surface area contributed by atoms with Gasteiger partial charge in [-0.1, -0.05) is 17.9 Å². The fraction of sp³-hybridized carbons (Fsp3) is 0.462. The fourth-order valence-corrected chi connectivity index (χ4v) is 6.22. The quantitative estimate of drug-likeness (QED) is 0.532. The van der Waals surface area contributed by atoms with Crippen molar-refractivity contribution in [3.63, 3.8) is 0 Å². The highest BCUT2D eigenvalue weighted by Gasteiger charge is 2.67. The second-order valence-corrected chi connectivity index (χ2v) is 10.3. The predicted molar refractivity (Wildman–Crippen MR) is 127 cm³/mol. The summed E-state index contributed by atoms with van der Waals surface area (Å²) >= 11 is 5.73. The topological polar surface area (TPSA) is 78.4 Å². The van der Waals surface area contributed by atoms with Crippen LogP contribution in [-0.2, 0) is 23.3 Å². The average molecular weight is 459 g/mol. The van der Waals surface area contributed by atoms with Gasteiger partial charge in [-0.25, -0.2) is 9.97 Å². The number of rotatable bonds is 2. The number of aliphatic hydroxyl groups is 1. The number of benzene rings is 1. The molecule has 1 aromatic carbocycles. The molecule has 2 heterocycles. The Morgan fingerprint density at radius 1 is 1.18 bits per heavy atom. The Bertz CT molecular complexity index is 1190. The molecule has 2 saturated carbocycles. The van der Waals surface area contributed by atoms with Crippen LogP contribution in [0.5, 0.6) is 0 Å². The summed E-state index contributed by atoms with van der Waals surface area (Å²) in [5.74, 6) is 7.17. The van der Waals surface area contributed by atoms with Gasteiger partial charge in [0.2, 0.25) is 0 Å². The summed E-state index contributed by atoms with van der Waals surface area (Å²) in [6, 6.07) is 6.32. The molecule has 6 nitrogen and oxygen atoms in total. The zero-order valence-electron chi connectivity index (χ0n) is 18.4. The highest BCUT2D eigenvalue weighted by atomic mass is 32.1. The summed E-state index contributed by atoms with van der Waals surface area (Å²) < 4.78 is 0. The van der Waals surface area contributed by atoms with Gasteiger partial charge in [-0.15, -0.1) is 0 Å². The number of carbonyl (C=O) groups is 1. The lowest BCUT2D eigenvalue weighted by Gasteiger charge is -2.46. The van der Waals surface area contributed by atoms with Crippen LogP contribution in [0.2, 0.25) is 0 Å². The van der Waals surface area contributed by atoms with Gasteiger partial charge in [-0.05, 0) is 80.4 Å². The smallest absolute Gasteiger partial charge is 0.260 e. The molecule has 1 aromatic heterocycles. The van der Waals surface area contributed by atoms with Crippen LogP contribution in [0.3, 0.4) is 0 Å². The minimum absolute atomic E-state index is 0.0150. The summed E-state index contributed by atoms with van der Waals surface area (Å²) in [4.78, 5) is 24.1. The van der Waals surface area contributed by atoms with E-state index in [2.05, 4.69) is 45.3 Å². The molecule has 1 atom stereocenters. The van der Waals surface area contributed by atoms with Crippen molar-refractivity contribution in [2.24, 2.45) is 11.3 Å². The molecule has 1 saturated heterocycles. The number of aliphatic hydroxyl groups excluding tert-OH is 1. The molecule has 7 heteroatoms. The van der Waals surface area contributed by atoms with E-state index in [1.807, 2.05) is 0 Å². The second-order valence-electron chi connectivity index (χ2n) is 9.92. The fourth-order valence-electron chi connectivity index (χ4n) is 5.92. The van der Waals surface area contributed by atoms with E-state index in [0.29, 0.717) is 30.4 Å². The molecule has 6 rings (SSSR count). The molecule has 1 aliphatic heterocycles. The van der Waals surface area contributed by atoms with E-state index in [0.717, 1.165) is 36.0 Å². The molecule has 2 spiro atoms. The normalized spacial score (nSPS) is 30.3. The molecule has 2 aromatic rings. The Morgan fingerprint density at radius 3 is 2.67 bits per heavy atom. The first kappa shape index (κ1) is 20.8. The van der Waals surface area contributed by atoms with E-state index >= 15 is 0 Å². The summed E-state index contributed by atoms with van der Waals surface area (Å²) in [6.07, 6.45) is 10.7. The van der Waals surface area contributed by atoms with E-state index in [9.17, 15) is 9.90 Å². The molecule has 33 heavy (non-hydrogen) atoms. The molecule has 168 valence electrons. The maximum absolute atomic E-state index is 14.3. The third-order valence-corrected chi connectivity index (χ3v) is 8.13. The van der Waals surface area contributed by atoms with Gasteiger partial charge in [-0.3, -0.25) is 9.69 Å². The second kappa shape index (κ2) is 7.61. The molecule has 3 fully saturated rings. The van der Waals surface area contributed by atoms with Crippen molar-refractivity contribution in [1.82, 2.24) is 20.2 Å². The van der Waals surface area contributed by atoms with Crippen molar-refractivity contribution in [3.8, 4) is 11.8 Å². The van der Waals surface area contributed by atoms with Crippen molar-refractivity contribution < 1.29 is 9.90 Å². The summed E-state index contributed by atoms with van der Waals surface area (Å²) in [5, 5.41) is 14.2. The van der Waals surface area contributed by atoms with E-state index in [-0.39, 0.29) is 17.4 Å². The third kappa shape index (κ3) is 3.27. The van der Waals surface area contributed by atoms with Crippen molar-refractivity contribution in [2.75, 3.05) is 0 Å². The lowest BCUT2D eigenvalue weighted by Crippen LogP contribution is -2.56. The van der Waals surface area contributed by atoms with Crippen LogP contribution >= 0.6 is 12.2 Å². The Hall–Kier alpha value is -2.82. The van der Waals surface area contributed by atoms with Crippen LogP contribution in [0.15, 0.2) is 36.9 Å². The Kier molecular flexibility index (Phi) is 4.79. The zero-order valence-corrected chi connectivity index (χ0v) is 19.2. The number of hydrogen-bond acceptors (Lipinski definition) is 5. The van der Waals surface area contributed by atoms with E-state index in [4.69, 9.17) is 12.2 Å². The monoisotopic (exact) mass is 458 g/mol. The highest BCUT2D eigenvalue weighted by molar-refractivity contribution is 7.80. The maximum atomic E-state index is 14.3. The van der Waals surface area contributed by atoms with Gasteiger partial charge in [0.25, 0.3) is 5.91 Å². The van der Waals surface area contributed by atoms with Crippen molar-refractivity contribution in [1.29, 1.82) is 0 Å². The molecule has 3 aliphatic carbocycles. The SMILES string of the molecule is O=C1N(Cc2cncnc2)C(=S)NC12c1cc(C#CC3CC3)ccc1CC21CCC(O)CC1. The van der Waals surface area contributed by atoms with Crippen LogP contribution in [0, 0.1) is 23.2 Å². The first-order chi connectivity index (χ1) is 16.0. The Morgan fingerprint density at radius 2 is 1.94 bits per heavy atom. The highest BCUT2D eigenvalue weighted by Crippen LogP contribution is 2.60. The van der Waals surface area contributed by atoms with Crippen LogP contribution in [0.4, 0.5) is 0 Å². The van der Waals surface area contributed by atoms with Crippen molar-refractivity contribution in [2.45, 2.75) is 63.1 Å². The number of nitrogens with zero attached hydrogens (tertiary/aromatic N) is 3. The van der Waals surface area contributed by atoms with Gasteiger partial charge < -0.3 is 10.4 Å². The number of aromatic nitrogens is 2. The van der Waals surface area contributed by atoms with Crippen molar-refractivity contribution in [3.05, 3.63) is 59.2 Å². The summed E-state index contributed by atoms with van der Waals surface area (Å²) in [6.45, 7) is 0.336. The zero-order chi connectivity index (χ0) is 22.6. The van der Waals surface area contributed by atoms with Crippen molar-refractivity contribution >= 4 is 23.2 Å². The minimum Gasteiger partial charge on any atom is -0.393 e. The van der Waals surface area contributed by atoms with E-state index < -0.39 is 5.54 Å². The standard InChI is InChI=1S/C26H26N4O2S/c31-21-7-9-25(10-8-21)12-20-6-5-18(4-3-17-1-2-17)11-22(20)26(25)23(32)30(24(33)29-26)15-19-13-27-16-28-14-19/h5-6,11,13-14,16-17,21,31H,1-2,7-10,12,15H2,(H,29,33). The largest absolute Gasteiger partial charge is 0.393 e.